The quantitative estimate of drug-likeness (QED) is 0.922. The number of nitrogens with one attached hydrogen (secondary N) is 1. The fraction of sp³-hybridized carbons (Fsp3) is 0.571. The number of aryl methyl sites for hydroxylation is 3. The minimum Gasteiger partial charge on any atom is -0.308 e. The molecule has 0 bridgehead atoms. The molecule has 0 spiro atoms. The zero-order chi connectivity index (χ0) is 14.9. The van der Waals surface area contributed by atoms with Crippen LogP contribution in [-0.4, -0.2) is 25.6 Å². The van der Waals surface area contributed by atoms with Crippen LogP contribution in [0, 0.1) is 13.8 Å². The highest BCUT2D eigenvalue weighted by Gasteiger charge is 2.17. The molecule has 1 N–H and O–H groups in total. The van der Waals surface area contributed by atoms with E-state index in [1.807, 2.05) is 31.8 Å². The summed E-state index contributed by atoms with van der Waals surface area (Å²) in [5.74, 6) is 0. The van der Waals surface area contributed by atoms with Gasteiger partial charge in [0.15, 0.2) is 0 Å². The topological polar surface area (TPSA) is 47.7 Å². The fourth-order valence-electron chi connectivity index (χ4n) is 2.19. The first kappa shape index (κ1) is 15.1. The molecule has 0 fully saturated rings. The Morgan fingerprint density at radius 2 is 2.05 bits per heavy atom. The van der Waals surface area contributed by atoms with Gasteiger partial charge in [0, 0.05) is 31.4 Å². The first-order chi connectivity index (χ1) is 9.40. The maximum atomic E-state index is 6.24. The number of aromatic nitrogens is 4. The average Bonchev–Trinajstić information content (AvgIpc) is 2.92. The summed E-state index contributed by atoms with van der Waals surface area (Å²) in [7, 11) is 1.86. The first-order valence-corrected chi connectivity index (χ1v) is 7.20. The van der Waals surface area contributed by atoms with E-state index in [4.69, 9.17) is 11.6 Å². The summed E-state index contributed by atoms with van der Waals surface area (Å²) in [5.41, 5.74) is 3.21. The van der Waals surface area contributed by atoms with Crippen molar-refractivity contribution in [3.8, 4) is 0 Å². The summed E-state index contributed by atoms with van der Waals surface area (Å²) in [6.45, 7) is 9.05. The van der Waals surface area contributed by atoms with E-state index in [-0.39, 0.29) is 12.1 Å². The second kappa shape index (κ2) is 5.97. The minimum atomic E-state index is 0.277. The molecule has 0 saturated carbocycles. The summed E-state index contributed by atoms with van der Waals surface area (Å²) < 4.78 is 3.70. The van der Waals surface area contributed by atoms with Crippen molar-refractivity contribution in [1.29, 1.82) is 0 Å². The maximum Gasteiger partial charge on any atom is 0.131 e. The Morgan fingerprint density at radius 3 is 2.55 bits per heavy atom. The Hall–Kier alpha value is -1.33. The lowest BCUT2D eigenvalue weighted by molar-refractivity contribution is 0.364. The van der Waals surface area contributed by atoms with Crippen LogP contribution in [0.5, 0.6) is 0 Å². The van der Waals surface area contributed by atoms with Crippen molar-refractivity contribution in [3.05, 3.63) is 34.4 Å². The zero-order valence-corrected chi connectivity index (χ0v) is 13.4. The number of hydrogen-bond donors (Lipinski definition) is 1. The Labute approximate surface area is 124 Å². The normalized spacial score (nSPS) is 14.5. The van der Waals surface area contributed by atoms with Gasteiger partial charge < -0.3 is 5.32 Å². The molecular formula is C14H22ClN5. The van der Waals surface area contributed by atoms with E-state index in [1.54, 1.807) is 4.68 Å². The highest BCUT2D eigenvalue weighted by atomic mass is 35.5. The van der Waals surface area contributed by atoms with Crippen LogP contribution in [0.1, 0.15) is 36.7 Å². The van der Waals surface area contributed by atoms with Gasteiger partial charge in [0.25, 0.3) is 0 Å². The number of rotatable bonds is 5. The van der Waals surface area contributed by atoms with E-state index < -0.39 is 0 Å². The Morgan fingerprint density at radius 1 is 1.35 bits per heavy atom. The van der Waals surface area contributed by atoms with Crippen LogP contribution in [0.25, 0.3) is 0 Å². The van der Waals surface area contributed by atoms with Gasteiger partial charge in [-0.1, -0.05) is 11.6 Å². The molecule has 20 heavy (non-hydrogen) atoms. The molecule has 0 aliphatic rings. The van der Waals surface area contributed by atoms with Crippen LogP contribution in [-0.2, 0) is 13.6 Å². The predicted molar refractivity (Wildman–Crippen MR) is 80.9 cm³/mol. The van der Waals surface area contributed by atoms with Crippen LogP contribution in [0.15, 0.2) is 12.4 Å². The minimum absolute atomic E-state index is 0.277. The van der Waals surface area contributed by atoms with Crippen LogP contribution in [0.2, 0.25) is 5.15 Å². The summed E-state index contributed by atoms with van der Waals surface area (Å²) in [6.07, 6.45) is 3.94. The Bertz CT molecular complexity index is 586. The van der Waals surface area contributed by atoms with Crippen molar-refractivity contribution < 1.29 is 0 Å². The largest absolute Gasteiger partial charge is 0.308 e. The average molecular weight is 296 g/mol. The number of halogens is 1. The number of nitrogens with zero attached hydrogens (tertiary/aromatic N) is 4. The second-order valence-electron chi connectivity index (χ2n) is 5.39. The Kier molecular flexibility index (Phi) is 4.50. The van der Waals surface area contributed by atoms with Crippen molar-refractivity contribution in [1.82, 2.24) is 24.9 Å². The SMILES string of the molecule is Cc1cnn([C@H](C)[C@H](C)NCc2c(C)nn(C)c2Cl)c1. The standard InChI is InChI=1S/C14H22ClN5/c1-9-6-17-20(8-9)12(4)10(2)16-7-13-11(3)18-19(5)14(13)15/h6,8,10,12,16H,7H2,1-5H3/t10-,12+/m0/s1. The second-order valence-corrected chi connectivity index (χ2v) is 5.74. The van der Waals surface area contributed by atoms with Crippen molar-refractivity contribution in [3.63, 3.8) is 0 Å². The third-order valence-electron chi connectivity index (χ3n) is 3.74. The molecule has 0 radical (unpaired) electrons. The van der Waals surface area contributed by atoms with Crippen molar-refractivity contribution in [2.75, 3.05) is 0 Å². The third-order valence-corrected chi connectivity index (χ3v) is 4.21. The van der Waals surface area contributed by atoms with Gasteiger partial charge in [-0.3, -0.25) is 9.36 Å². The number of hydrogen-bond acceptors (Lipinski definition) is 3. The molecule has 2 aromatic rings. The van der Waals surface area contributed by atoms with E-state index in [2.05, 4.69) is 35.6 Å². The van der Waals surface area contributed by atoms with Crippen LogP contribution >= 0.6 is 11.6 Å². The molecule has 0 unspecified atom stereocenters. The summed E-state index contributed by atoms with van der Waals surface area (Å²) in [6, 6.07) is 0.560. The predicted octanol–water partition coefficient (Wildman–Crippen LogP) is 2.63. The molecule has 0 aliphatic heterocycles. The summed E-state index contributed by atoms with van der Waals surface area (Å²) in [4.78, 5) is 0. The van der Waals surface area contributed by atoms with Gasteiger partial charge in [-0.05, 0) is 33.3 Å². The van der Waals surface area contributed by atoms with E-state index in [0.29, 0.717) is 11.7 Å². The van der Waals surface area contributed by atoms with Crippen molar-refractivity contribution >= 4 is 11.6 Å². The molecule has 6 heteroatoms. The van der Waals surface area contributed by atoms with Gasteiger partial charge in [-0.15, -0.1) is 0 Å². The highest BCUT2D eigenvalue weighted by Crippen LogP contribution is 2.19. The lowest BCUT2D eigenvalue weighted by atomic mass is 10.1. The van der Waals surface area contributed by atoms with Crippen LogP contribution in [0.3, 0.4) is 0 Å². The zero-order valence-electron chi connectivity index (χ0n) is 12.7. The lowest BCUT2D eigenvalue weighted by Crippen LogP contribution is -2.33. The molecule has 0 aromatic carbocycles. The van der Waals surface area contributed by atoms with E-state index in [9.17, 15) is 0 Å². The molecular weight excluding hydrogens is 274 g/mol. The Balaban J connectivity index is 2.00. The molecule has 2 rings (SSSR count). The molecule has 2 heterocycles. The van der Waals surface area contributed by atoms with Crippen LogP contribution < -0.4 is 5.32 Å². The van der Waals surface area contributed by atoms with Crippen LogP contribution in [0.4, 0.5) is 0 Å². The van der Waals surface area contributed by atoms with Gasteiger partial charge in [0.1, 0.15) is 5.15 Å². The van der Waals surface area contributed by atoms with Gasteiger partial charge in [0.2, 0.25) is 0 Å². The molecule has 0 amide bonds. The van der Waals surface area contributed by atoms with Gasteiger partial charge >= 0.3 is 0 Å². The van der Waals surface area contributed by atoms with Gasteiger partial charge in [-0.2, -0.15) is 10.2 Å². The van der Waals surface area contributed by atoms with Crippen molar-refractivity contribution in [2.45, 2.75) is 46.3 Å². The molecule has 5 nitrogen and oxygen atoms in total. The molecule has 0 aliphatic carbocycles. The van der Waals surface area contributed by atoms with Crippen molar-refractivity contribution in [2.24, 2.45) is 7.05 Å². The van der Waals surface area contributed by atoms with E-state index >= 15 is 0 Å². The van der Waals surface area contributed by atoms with Gasteiger partial charge in [0.05, 0.1) is 17.9 Å². The molecule has 110 valence electrons. The van der Waals surface area contributed by atoms with E-state index in [0.717, 1.165) is 11.3 Å². The lowest BCUT2D eigenvalue weighted by Gasteiger charge is -2.21. The third kappa shape index (κ3) is 3.04. The summed E-state index contributed by atoms with van der Waals surface area (Å²) in [5, 5.41) is 12.9. The molecule has 2 aromatic heterocycles. The van der Waals surface area contributed by atoms with Gasteiger partial charge in [-0.25, -0.2) is 0 Å². The fourth-order valence-corrected chi connectivity index (χ4v) is 2.43. The monoisotopic (exact) mass is 295 g/mol. The summed E-state index contributed by atoms with van der Waals surface area (Å²) >= 11 is 6.24. The maximum absolute atomic E-state index is 6.24. The first-order valence-electron chi connectivity index (χ1n) is 6.82. The highest BCUT2D eigenvalue weighted by molar-refractivity contribution is 6.30. The smallest absolute Gasteiger partial charge is 0.131 e. The molecule has 0 saturated heterocycles. The molecule has 2 atom stereocenters. The van der Waals surface area contributed by atoms with E-state index in [1.165, 1.54) is 5.56 Å².